The number of quaternary nitrogens is 1. The van der Waals surface area contributed by atoms with Crippen LogP contribution in [0.3, 0.4) is 0 Å². The number of pyridine rings is 1. The molecule has 0 amide bonds. The van der Waals surface area contributed by atoms with Crippen molar-refractivity contribution in [3.05, 3.63) is 23.9 Å². The zero-order valence-corrected chi connectivity index (χ0v) is 11.2. The summed E-state index contributed by atoms with van der Waals surface area (Å²) in [4.78, 5) is 8.73. The minimum atomic E-state index is 0.503. The first-order valence-electron chi connectivity index (χ1n) is 6.55. The maximum absolute atomic E-state index is 5.92. The molecule has 98 valence electrons. The minimum Gasteiger partial charge on any atom is -0.366 e. The summed E-state index contributed by atoms with van der Waals surface area (Å²) < 4.78 is 0.622. The van der Waals surface area contributed by atoms with Crippen LogP contribution >= 0.6 is 0 Å². The van der Waals surface area contributed by atoms with E-state index in [0.717, 1.165) is 18.9 Å². The van der Waals surface area contributed by atoms with E-state index in [1.54, 1.807) is 0 Å². The molecule has 1 aromatic heterocycles. The van der Waals surface area contributed by atoms with E-state index < -0.39 is 0 Å². The molecule has 0 bridgehead atoms. The van der Waals surface area contributed by atoms with Gasteiger partial charge in [-0.2, -0.15) is 10.0 Å². The van der Waals surface area contributed by atoms with E-state index in [1.807, 2.05) is 19.2 Å². The Morgan fingerprint density at radius 3 is 2.83 bits per heavy atom. The summed E-state index contributed by atoms with van der Waals surface area (Å²) in [6.07, 6.45) is 4.22. The number of aryl methyl sites for hydroxylation is 1. The lowest BCUT2D eigenvalue weighted by Gasteiger charge is -2.31. The Bertz CT molecular complexity index is 435. The van der Waals surface area contributed by atoms with Gasteiger partial charge in [0.2, 0.25) is 5.96 Å². The first-order chi connectivity index (χ1) is 8.66. The Morgan fingerprint density at radius 1 is 1.50 bits per heavy atom. The highest BCUT2D eigenvalue weighted by Crippen LogP contribution is 2.25. The molecule has 5 heteroatoms. The molecule has 1 saturated heterocycles. The van der Waals surface area contributed by atoms with Gasteiger partial charge in [0.15, 0.2) is 0 Å². The van der Waals surface area contributed by atoms with Crippen molar-refractivity contribution in [3.63, 3.8) is 0 Å². The molecule has 1 fully saturated rings. The molecule has 5 nitrogen and oxygen atoms in total. The average Bonchev–Trinajstić information content (AvgIpc) is 2.79. The maximum Gasteiger partial charge on any atom is 0.252 e. The quantitative estimate of drug-likeness (QED) is 0.482. The Hall–Kier alpha value is -1.62. The van der Waals surface area contributed by atoms with Gasteiger partial charge in [-0.15, -0.1) is 0 Å². The molecule has 0 unspecified atom stereocenters. The second kappa shape index (κ2) is 5.35. The lowest BCUT2D eigenvalue weighted by atomic mass is 10.3. The third-order valence-electron chi connectivity index (χ3n) is 3.33. The smallest absolute Gasteiger partial charge is 0.252 e. The molecule has 0 spiro atoms. The highest BCUT2D eigenvalue weighted by atomic mass is 15.7. The summed E-state index contributed by atoms with van der Waals surface area (Å²) in [5, 5.41) is 0. The molecule has 1 aliphatic rings. The number of nitrogens with one attached hydrogen (secondary N) is 1. The monoisotopic (exact) mass is 248 g/mol. The van der Waals surface area contributed by atoms with Crippen LogP contribution in [0.25, 0.3) is 0 Å². The largest absolute Gasteiger partial charge is 0.366 e. The topological polar surface area (TPSA) is 63.3 Å². The number of nitrogens with two attached hydrogens (primary N) is 1. The van der Waals surface area contributed by atoms with E-state index in [9.17, 15) is 0 Å². The summed E-state index contributed by atoms with van der Waals surface area (Å²) in [5.41, 5.74) is 10.5. The van der Waals surface area contributed by atoms with Crippen LogP contribution < -0.4 is 15.8 Å². The molecule has 18 heavy (non-hydrogen) atoms. The SMILES string of the molecule is CCN=C(N)N[N+]1(c2cc(C)ccn2)CCCC1. The fourth-order valence-corrected chi connectivity index (χ4v) is 2.45. The summed E-state index contributed by atoms with van der Waals surface area (Å²) in [6.45, 7) is 6.78. The van der Waals surface area contributed by atoms with Gasteiger partial charge < -0.3 is 5.73 Å². The van der Waals surface area contributed by atoms with Crippen LogP contribution in [-0.2, 0) is 0 Å². The van der Waals surface area contributed by atoms with Crippen molar-refractivity contribution in [2.24, 2.45) is 10.7 Å². The molecule has 1 aliphatic heterocycles. The molecular weight excluding hydrogens is 226 g/mol. The second-order valence-electron chi connectivity index (χ2n) is 4.78. The van der Waals surface area contributed by atoms with Crippen LogP contribution in [0.4, 0.5) is 5.82 Å². The highest BCUT2D eigenvalue weighted by molar-refractivity contribution is 5.78. The van der Waals surface area contributed by atoms with Crippen molar-refractivity contribution in [2.75, 3.05) is 19.6 Å². The second-order valence-corrected chi connectivity index (χ2v) is 4.78. The van der Waals surface area contributed by atoms with Crippen LogP contribution in [-0.4, -0.2) is 30.6 Å². The van der Waals surface area contributed by atoms with Crippen molar-refractivity contribution in [1.82, 2.24) is 15.0 Å². The lowest BCUT2D eigenvalue weighted by molar-refractivity contribution is 0.282. The van der Waals surface area contributed by atoms with Crippen LogP contribution in [0.15, 0.2) is 23.3 Å². The van der Waals surface area contributed by atoms with E-state index in [4.69, 9.17) is 5.73 Å². The number of nitrogens with zero attached hydrogens (tertiary/aromatic N) is 3. The zero-order valence-electron chi connectivity index (χ0n) is 11.2. The van der Waals surface area contributed by atoms with Crippen LogP contribution in [0.5, 0.6) is 0 Å². The van der Waals surface area contributed by atoms with Gasteiger partial charge in [-0.25, -0.2) is 9.98 Å². The fourth-order valence-electron chi connectivity index (χ4n) is 2.45. The van der Waals surface area contributed by atoms with Crippen molar-refractivity contribution in [1.29, 1.82) is 0 Å². The van der Waals surface area contributed by atoms with Crippen molar-refractivity contribution < 1.29 is 0 Å². The summed E-state index contributed by atoms with van der Waals surface area (Å²) in [7, 11) is 0. The molecule has 1 aromatic rings. The van der Waals surface area contributed by atoms with Crippen LogP contribution in [0.1, 0.15) is 25.3 Å². The zero-order chi connectivity index (χ0) is 13.0. The molecule has 0 atom stereocenters. The molecular formula is C13H22N5+. The number of aromatic nitrogens is 1. The predicted molar refractivity (Wildman–Crippen MR) is 75.0 cm³/mol. The van der Waals surface area contributed by atoms with Crippen molar-refractivity contribution in [2.45, 2.75) is 26.7 Å². The number of rotatable bonds is 3. The molecule has 0 saturated carbocycles. The van der Waals surface area contributed by atoms with Gasteiger partial charge in [0.1, 0.15) is 13.1 Å². The van der Waals surface area contributed by atoms with Gasteiger partial charge >= 0.3 is 0 Å². The Labute approximate surface area is 108 Å². The minimum absolute atomic E-state index is 0.503. The van der Waals surface area contributed by atoms with E-state index >= 15 is 0 Å². The predicted octanol–water partition coefficient (Wildman–Crippen LogP) is 1.33. The van der Waals surface area contributed by atoms with E-state index in [1.165, 1.54) is 18.4 Å². The molecule has 0 aromatic carbocycles. The van der Waals surface area contributed by atoms with Gasteiger partial charge in [-0.3, -0.25) is 0 Å². The average molecular weight is 248 g/mol. The number of hydrogen-bond acceptors (Lipinski definition) is 2. The first kappa shape index (κ1) is 12.8. The van der Waals surface area contributed by atoms with Gasteiger partial charge in [-0.1, -0.05) is 0 Å². The Balaban J connectivity index is 2.29. The fraction of sp³-hybridized carbons (Fsp3) is 0.538. The number of aliphatic imine (C=N–C) groups is 1. The third-order valence-corrected chi connectivity index (χ3v) is 3.33. The summed E-state index contributed by atoms with van der Waals surface area (Å²) in [6, 6.07) is 4.14. The van der Waals surface area contributed by atoms with Crippen molar-refractivity contribution >= 4 is 11.8 Å². The molecule has 2 heterocycles. The first-order valence-corrected chi connectivity index (χ1v) is 6.55. The number of hydrogen-bond donors (Lipinski definition) is 2. The highest BCUT2D eigenvalue weighted by Gasteiger charge is 2.37. The van der Waals surface area contributed by atoms with Gasteiger partial charge in [0.05, 0.1) is 0 Å². The Morgan fingerprint density at radius 2 is 2.22 bits per heavy atom. The summed E-state index contributed by atoms with van der Waals surface area (Å²) >= 11 is 0. The van der Waals surface area contributed by atoms with Crippen LogP contribution in [0.2, 0.25) is 0 Å². The molecule has 0 radical (unpaired) electrons. The molecule has 2 rings (SSSR count). The van der Waals surface area contributed by atoms with Gasteiger partial charge in [0, 0.05) is 31.6 Å². The number of guanidine groups is 1. The van der Waals surface area contributed by atoms with Crippen LogP contribution in [0, 0.1) is 6.92 Å². The van der Waals surface area contributed by atoms with Crippen molar-refractivity contribution in [3.8, 4) is 0 Å². The molecule has 0 aliphatic carbocycles. The standard InChI is InChI=1S/C13H22N5/c1-3-15-13(14)17-18(8-4-5-9-18)12-10-11(2)6-7-16-12/h6-7,10H,3-5,8-9H2,1-2H3,(H3,14,15,17)/q+1. The van der Waals surface area contributed by atoms with Gasteiger partial charge in [0.25, 0.3) is 5.82 Å². The molecule has 3 N–H and O–H groups in total. The van der Waals surface area contributed by atoms with E-state index in [2.05, 4.69) is 28.4 Å². The summed E-state index contributed by atoms with van der Waals surface area (Å²) in [5.74, 6) is 1.53. The van der Waals surface area contributed by atoms with E-state index in [-0.39, 0.29) is 0 Å². The Kier molecular flexibility index (Phi) is 3.81. The van der Waals surface area contributed by atoms with Gasteiger partial charge in [-0.05, 0) is 25.5 Å². The lowest BCUT2D eigenvalue weighted by Crippen LogP contribution is -2.62. The normalized spacial score (nSPS) is 18.9. The van der Waals surface area contributed by atoms with E-state index in [0.29, 0.717) is 17.1 Å². The third kappa shape index (κ3) is 2.61. The maximum atomic E-state index is 5.92.